The first-order valence-electron chi connectivity index (χ1n) is 7.32. The first kappa shape index (κ1) is 15.3. The smallest absolute Gasteiger partial charge is 0.165 e. The summed E-state index contributed by atoms with van der Waals surface area (Å²) in [6.07, 6.45) is 0.658. The minimum atomic E-state index is -0.591. The Balaban J connectivity index is 1.78. The molecule has 1 saturated heterocycles. The van der Waals surface area contributed by atoms with Crippen LogP contribution in [0.4, 0.5) is 4.39 Å². The van der Waals surface area contributed by atoms with Gasteiger partial charge in [-0.05, 0) is 30.4 Å². The number of ether oxygens (including phenoxy) is 1. The number of hydrogen-bond acceptors (Lipinski definition) is 3. The second-order valence-electron chi connectivity index (χ2n) is 6.06. The van der Waals surface area contributed by atoms with Crippen LogP contribution in [0.5, 0.6) is 5.75 Å². The van der Waals surface area contributed by atoms with E-state index in [0.717, 1.165) is 13.1 Å². The minimum Gasteiger partial charge on any atom is -0.488 e. The zero-order valence-corrected chi connectivity index (χ0v) is 12.3. The van der Waals surface area contributed by atoms with Gasteiger partial charge in [0.25, 0.3) is 0 Å². The Hall–Kier alpha value is -1.13. The van der Waals surface area contributed by atoms with E-state index >= 15 is 0 Å². The summed E-state index contributed by atoms with van der Waals surface area (Å²) in [5.74, 6) is 1.14. The van der Waals surface area contributed by atoms with Gasteiger partial charge in [0.15, 0.2) is 11.6 Å². The molecule has 1 aliphatic rings. The number of aliphatic hydroxyl groups is 1. The molecular weight excluding hydrogens is 257 g/mol. The van der Waals surface area contributed by atoms with Crippen molar-refractivity contribution in [1.29, 1.82) is 0 Å². The van der Waals surface area contributed by atoms with Gasteiger partial charge >= 0.3 is 0 Å². The van der Waals surface area contributed by atoms with Gasteiger partial charge in [0, 0.05) is 19.6 Å². The average molecular weight is 281 g/mol. The fourth-order valence-corrected chi connectivity index (χ4v) is 3.04. The summed E-state index contributed by atoms with van der Waals surface area (Å²) in [6, 6.07) is 6.27. The number of nitrogens with zero attached hydrogens (tertiary/aromatic N) is 1. The van der Waals surface area contributed by atoms with Crippen molar-refractivity contribution in [1.82, 2.24) is 4.90 Å². The number of rotatable bonds is 5. The topological polar surface area (TPSA) is 32.7 Å². The Morgan fingerprint density at radius 1 is 1.30 bits per heavy atom. The van der Waals surface area contributed by atoms with Crippen LogP contribution in [0.2, 0.25) is 0 Å². The zero-order chi connectivity index (χ0) is 14.5. The van der Waals surface area contributed by atoms with Crippen molar-refractivity contribution in [2.24, 2.45) is 11.8 Å². The molecule has 0 spiro atoms. The van der Waals surface area contributed by atoms with E-state index in [-0.39, 0.29) is 18.2 Å². The van der Waals surface area contributed by atoms with Crippen molar-refractivity contribution >= 4 is 0 Å². The summed E-state index contributed by atoms with van der Waals surface area (Å²) in [5.41, 5.74) is 0. The highest BCUT2D eigenvalue weighted by atomic mass is 19.1. The van der Waals surface area contributed by atoms with Gasteiger partial charge in [0.2, 0.25) is 0 Å². The molecule has 0 aromatic heterocycles. The van der Waals surface area contributed by atoms with Crippen molar-refractivity contribution in [3.8, 4) is 5.75 Å². The fourth-order valence-electron chi connectivity index (χ4n) is 3.04. The molecule has 0 bridgehead atoms. The first-order valence-corrected chi connectivity index (χ1v) is 7.32. The lowest BCUT2D eigenvalue weighted by atomic mass is 9.92. The van der Waals surface area contributed by atoms with Gasteiger partial charge in [0.1, 0.15) is 12.7 Å². The van der Waals surface area contributed by atoms with Gasteiger partial charge in [-0.2, -0.15) is 0 Å². The number of benzene rings is 1. The number of hydrogen-bond donors (Lipinski definition) is 1. The molecule has 3 nitrogen and oxygen atoms in total. The standard InChI is InChI=1S/C16H24FNO2/c1-12-7-13(2)9-18(8-12)10-14(19)11-20-16-6-4-3-5-15(16)17/h3-6,12-14,19H,7-11H2,1-2H3/t12-,13-,14+/m0/s1. The van der Waals surface area contributed by atoms with Crippen molar-refractivity contribution in [2.75, 3.05) is 26.2 Å². The van der Waals surface area contributed by atoms with Crippen LogP contribution in [0, 0.1) is 17.7 Å². The number of piperidine rings is 1. The van der Waals surface area contributed by atoms with Crippen molar-refractivity contribution < 1.29 is 14.2 Å². The van der Waals surface area contributed by atoms with Crippen molar-refractivity contribution in [3.05, 3.63) is 30.1 Å². The van der Waals surface area contributed by atoms with Crippen LogP contribution < -0.4 is 4.74 Å². The summed E-state index contributed by atoms with van der Waals surface area (Å²) in [6.45, 7) is 7.22. The molecule has 0 amide bonds. The summed E-state index contributed by atoms with van der Waals surface area (Å²) < 4.78 is 18.7. The summed E-state index contributed by atoms with van der Waals surface area (Å²) in [5, 5.41) is 10.0. The fraction of sp³-hybridized carbons (Fsp3) is 0.625. The molecule has 1 heterocycles. The van der Waals surface area contributed by atoms with Crippen LogP contribution in [-0.2, 0) is 0 Å². The van der Waals surface area contributed by atoms with Crippen LogP contribution in [0.25, 0.3) is 0 Å². The van der Waals surface area contributed by atoms with Gasteiger partial charge in [-0.15, -0.1) is 0 Å². The zero-order valence-electron chi connectivity index (χ0n) is 12.3. The predicted molar refractivity (Wildman–Crippen MR) is 77.3 cm³/mol. The molecule has 2 rings (SSSR count). The number of aliphatic hydroxyl groups excluding tert-OH is 1. The van der Waals surface area contributed by atoms with Crippen LogP contribution in [0.15, 0.2) is 24.3 Å². The SMILES string of the molecule is C[C@H]1C[C@H](C)CN(C[C@@H](O)COc2ccccc2F)C1. The maximum Gasteiger partial charge on any atom is 0.165 e. The molecule has 1 N–H and O–H groups in total. The van der Waals surface area contributed by atoms with E-state index in [2.05, 4.69) is 18.7 Å². The Labute approximate surface area is 120 Å². The van der Waals surface area contributed by atoms with Crippen LogP contribution >= 0.6 is 0 Å². The van der Waals surface area contributed by atoms with E-state index in [0.29, 0.717) is 18.4 Å². The Kier molecular flexibility index (Phi) is 5.38. The van der Waals surface area contributed by atoms with Crippen LogP contribution in [0.3, 0.4) is 0 Å². The third-order valence-corrected chi connectivity index (χ3v) is 3.68. The third-order valence-electron chi connectivity index (χ3n) is 3.68. The minimum absolute atomic E-state index is 0.125. The highest BCUT2D eigenvalue weighted by Gasteiger charge is 2.23. The Morgan fingerprint density at radius 3 is 2.60 bits per heavy atom. The molecule has 1 aromatic rings. The van der Waals surface area contributed by atoms with Gasteiger partial charge < -0.3 is 14.7 Å². The molecule has 0 aliphatic carbocycles. The van der Waals surface area contributed by atoms with Crippen LogP contribution in [0.1, 0.15) is 20.3 Å². The monoisotopic (exact) mass is 281 g/mol. The molecule has 1 aliphatic heterocycles. The van der Waals surface area contributed by atoms with Gasteiger partial charge in [0.05, 0.1) is 0 Å². The Bertz CT molecular complexity index is 417. The highest BCUT2D eigenvalue weighted by molar-refractivity contribution is 5.23. The molecule has 4 heteroatoms. The first-order chi connectivity index (χ1) is 9.54. The average Bonchev–Trinajstić information content (AvgIpc) is 2.36. The molecule has 3 atom stereocenters. The van der Waals surface area contributed by atoms with Crippen molar-refractivity contribution in [2.45, 2.75) is 26.4 Å². The number of halogens is 1. The molecular formula is C16H24FNO2. The normalized spacial score (nSPS) is 25.4. The van der Waals surface area contributed by atoms with Crippen molar-refractivity contribution in [3.63, 3.8) is 0 Å². The summed E-state index contributed by atoms with van der Waals surface area (Å²) in [7, 11) is 0. The maximum atomic E-state index is 13.4. The number of likely N-dealkylation sites (tertiary alicyclic amines) is 1. The largest absolute Gasteiger partial charge is 0.488 e. The van der Waals surface area contributed by atoms with Crippen LogP contribution in [-0.4, -0.2) is 42.4 Å². The maximum absolute atomic E-state index is 13.4. The molecule has 0 saturated carbocycles. The predicted octanol–water partition coefficient (Wildman–Crippen LogP) is 2.54. The highest BCUT2D eigenvalue weighted by Crippen LogP contribution is 2.21. The molecule has 112 valence electrons. The second kappa shape index (κ2) is 7.04. The van der Waals surface area contributed by atoms with Gasteiger partial charge in [-0.3, -0.25) is 0 Å². The van der Waals surface area contributed by atoms with E-state index in [4.69, 9.17) is 4.74 Å². The molecule has 20 heavy (non-hydrogen) atoms. The van der Waals surface area contributed by atoms with E-state index in [1.165, 1.54) is 12.5 Å². The lowest BCUT2D eigenvalue weighted by Gasteiger charge is -2.35. The number of β-amino-alcohol motifs (C(OH)–C–C–N with tert-alkyl or cyclic N) is 1. The number of para-hydroxylation sites is 1. The molecule has 1 aromatic carbocycles. The summed E-state index contributed by atoms with van der Waals surface area (Å²) >= 11 is 0. The van der Waals surface area contributed by atoms with E-state index in [1.807, 2.05) is 0 Å². The quantitative estimate of drug-likeness (QED) is 0.900. The van der Waals surface area contributed by atoms with E-state index in [1.54, 1.807) is 18.2 Å². The third kappa shape index (κ3) is 4.46. The molecule has 0 unspecified atom stereocenters. The van der Waals surface area contributed by atoms with Gasteiger partial charge in [-0.25, -0.2) is 4.39 Å². The second-order valence-corrected chi connectivity index (χ2v) is 6.06. The van der Waals surface area contributed by atoms with E-state index < -0.39 is 6.10 Å². The van der Waals surface area contributed by atoms with Gasteiger partial charge in [-0.1, -0.05) is 26.0 Å². The van der Waals surface area contributed by atoms with E-state index in [9.17, 15) is 9.50 Å². The lowest BCUT2D eigenvalue weighted by molar-refractivity contribution is 0.0420. The Morgan fingerprint density at radius 2 is 1.95 bits per heavy atom. The molecule has 0 radical (unpaired) electrons. The summed E-state index contributed by atoms with van der Waals surface area (Å²) in [4.78, 5) is 2.27. The molecule has 1 fully saturated rings. The lowest BCUT2D eigenvalue weighted by Crippen LogP contribution is -2.44.